The van der Waals surface area contributed by atoms with Gasteiger partial charge in [-0.15, -0.1) is 10.2 Å². The van der Waals surface area contributed by atoms with Crippen LogP contribution in [-0.2, 0) is 12.7 Å². The summed E-state index contributed by atoms with van der Waals surface area (Å²) in [7, 11) is 0. The summed E-state index contributed by atoms with van der Waals surface area (Å²) in [6.07, 6.45) is -4.60. The second-order valence-corrected chi connectivity index (χ2v) is 7.89. The lowest BCUT2D eigenvalue weighted by molar-refractivity contribution is -0.138. The minimum Gasteiger partial charge on any atom is -0.352 e. The van der Waals surface area contributed by atoms with Gasteiger partial charge in [-0.25, -0.2) is 4.79 Å². The minimum atomic E-state index is -4.60. The zero-order chi connectivity index (χ0) is 24.8. The maximum absolute atomic E-state index is 13.3. The van der Waals surface area contributed by atoms with Crippen molar-refractivity contribution in [2.45, 2.75) is 12.7 Å². The molecule has 3 aromatic rings. The molecule has 1 saturated heterocycles. The Morgan fingerprint density at radius 2 is 1.54 bits per heavy atom. The van der Waals surface area contributed by atoms with E-state index in [0.29, 0.717) is 25.5 Å². The van der Waals surface area contributed by atoms with E-state index in [4.69, 9.17) is 0 Å². The highest BCUT2D eigenvalue weighted by Crippen LogP contribution is 2.32. The average Bonchev–Trinajstić information content (AvgIpc) is 2.88. The van der Waals surface area contributed by atoms with Gasteiger partial charge in [-0.2, -0.15) is 13.2 Å². The van der Waals surface area contributed by atoms with Crippen molar-refractivity contribution in [2.24, 2.45) is 0 Å². The van der Waals surface area contributed by atoms with Crippen LogP contribution in [-0.4, -0.2) is 53.2 Å². The van der Waals surface area contributed by atoms with Crippen LogP contribution in [0.3, 0.4) is 0 Å². The van der Waals surface area contributed by atoms with Crippen molar-refractivity contribution in [3.63, 3.8) is 0 Å². The number of benzene rings is 2. The molecule has 2 N–H and O–H groups in total. The second kappa shape index (κ2) is 10.4. The number of rotatable bonds is 5. The summed E-state index contributed by atoms with van der Waals surface area (Å²) in [5, 5.41) is 13.5. The van der Waals surface area contributed by atoms with Gasteiger partial charge in [0.05, 0.1) is 11.1 Å². The third kappa shape index (κ3) is 6.05. The van der Waals surface area contributed by atoms with Gasteiger partial charge in [-0.3, -0.25) is 10.1 Å². The van der Waals surface area contributed by atoms with E-state index in [0.717, 1.165) is 11.6 Å². The van der Waals surface area contributed by atoms with Crippen LogP contribution in [0, 0.1) is 0 Å². The summed E-state index contributed by atoms with van der Waals surface area (Å²) in [5.74, 6) is 0.171. The van der Waals surface area contributed by atoms with Crippen LogP contribution in [0.4, 0.5) is 29.6 Å². The second-order valence-electron chi connectivity index (χ2n) is 7.89. The largest absolute Gasteiger partial charge is 0.417 e. The van der Waals surface area contributed by atoms with E-state index in [2.05, 4.69) is 20.8 Å². The van der Waals surface area contributed by atoms with Gasteiger partial charge in [-0.05, 0) is 29.8 Å². The fourth-order valence-electron chi connectivity index (χ4n) is 3.73. The van der Waals surface area contributed by atoms with E-state index < -0.39 is 23.7 Å². The number of amides is 3. The summed E-state index contributed by atoms with van der Waals surface area (Å²) in [6.45, 7) is 1.63. The summed E-state index contributed by atoms with van der Waals surface area (Å²) in [4.78, 5) is 28.1. The zero-order valence-corrected chi connectivity index (χ0v) is 18.6. The van der Waals surface area contributed by atoms with Gasteiger partial charge in [0.25, 0.3) is 5.91 Å². The number of carbonyl (C=O) groups excluding carboxylic acids is 2. The highest BCUT2D eigenvalue weighted by Gasteiger charge is 2.36. The Bertz CT molecular complexity index is 1160. The molecule has 11 heteroatoms. The molecule has 0 spiro atoms. The average molecular weight is 484 g/mol. The number of piperazine rings is 1. The molecule has 182 valence electrons. The number of nitrogens with one attached hydrogen (secondary N) is 2. The highest BCUT2D eigenvalue weighted by molar-refractivity contribution is 5.96. The molecule has 1 aliphatic rings. The standard InChI is InChI=1S/C24H23F3N6O2/c25-24(26,27)19-9-5-4-8-18(19)22(34)33-14-12-32(13-15-33)21-11-10-20(30-31-21)29-23(35)28-16-17-6-2-1-3-7-17/h1-11H,12-16H2,(H2,28,29,30,35). The van der Waals surface area contributed by atoms with Gasteiger partial charge in [0.2, 0.25) is 0 Å². The molecule has 8 nitrogen and oxygen atoms in total. The lowest BCUT2D eigenvalue weighted by Crippen LogP contribution is -2.49. The van der Waals surface area contributed by atoms with Crippen molar-refractivity contribution >= 4 is 23.6 Å². The molecule has 4 rings (SSSR count). The first-order chi connectivity index (χ1) is 16.8. The van der Waals surface area contributed by atoms with E-state index in [1.807, 2.05) is 35.2 Å². The van der Waals surface area contributed by atoms with Gasteiger partial charge < -0.3 is 15.1 Å². The smallest absolute Gasteiger partial charge is 0.352 e. The topological polar surface area (TPSA) is 90.5 Å². The monoisotopic (exact) mass is 484 g/mol. The van der Waals surface area contributed by atoms with Gasteiger partial charge in [-0.1, -0.05) is 42.5 Å². The highest BCUT2D eigenvalue weighted by atomic mass is 19.4. The Labute approximate surface area is 199 Å². The van der Waals surface area contributed by atoms with Crippen molar-refractivity contribution in [3.8, 4) is 0 Å². The van der Waals surface area contributed by atoms with E-state index in [-0.39, 0.29) is 24.5 Å². The number of alkyl halides is 3. The number of anilines is 2. The molecule has 2 heterocycles. The van der Waals surface area contributed by atoms with E-state index in [9.17, 15) is 22.8 Å². The number of hydrogen-bond acceptors (Lipinski definition) is 5. The van der Waals surface area contributed by atoms with Crippen molar-refractivity contribution < 1.29 is 22.8 Å². The van der Waals surface area contributed by atoms with E-state index >= 15 is 0 Å². The third-order valence-corrected chi connectivity index (χ3v) is 5.54. The Morgan fingerprint density at radius 3 is 2.20 bits per heavy atom. The van der Waals surface area contributed by atoms with Crippen molar-refractivity contribution in [1.29, 1.82) is 0 Å². The predicted octanol–water partition coefficient (Wildman–Crippen LogP) is 3.78. The maximum atomic E-state index is 13.3. The Morgan fingerprint density at radius 1 is 0.857 bits per heavy atom. The molecule has 2 aromatic carbocycles. The van der Waals surface area contributed by atoms with Crippen molar-refractivity contribution in [1.82, 2.24) is 20.4 Å². The minimum absolute atomic E-state index is 0.245. The van der Waals surface area contributed by atoms with Crippen LogP contribution >= 0.6 is 0 Å². The Kier molecular flexibility index (Phi) is 7.14. The van der Waals surface area contributed by atoms with Gasteiger partial charge in [0.15, 0.2) is 11.6 Å². The zero-order valence-electron chi connectivity index (χ0n) is 18.6. The third-order valence-electron chi connectivity index (χ3n) is 5.54. The molecule has 0 radical (unpaired) electrons. The van der Waals surface area contributed by atoms with Crippen LogP contribution < -0.4 is 15.5 Å². The molecule has 35 heavy (non-hydrogen) atoms. The Hall–Kier alpha value is -4.15. The van der Waals surface area contributed by atoms with Crippen LogP contribution in [0.5, 0.6) is 0 Å². The number of halogens is 3. The van der Waals surface area contributed by atoms with Gasteiger partial charge in [0.1, 0.15) is 0 Å². The predicted molar refractivity (Wildman–Crippen MR) is 124 cm³/mol. The Balaban J connectivity index is 1.30. The van der Waals surface area contributed by atoms with Crippen LogP contribution in [0.2, 0.25) is 0 Å². The molecule has 0 atom stereocenters. The number of hydrogen-bond donors (Lipinski definition) is 2. The number of carbonyl (C=O) groups is 2. The first kappa shape index (κ1) is 24.0. The molecule has 1 aromatic heterocycles. The summed E-state index contributed by atoms with van der Waals surface area (Å²) in [5.41, 5.74) is -0.327. The molecule has 1 aliphatic heterocycles. The number of urea groups is 1. The normalized spacial score (nSPS) is 13.9. The number of nitrogens with zero attached hydrogens (tertiary/aromatic N) is 4. The van der Waals surface area contributed by atoms with Crippen LogP contribution in [0.15, 0.2) is 66.7 Å². The van der Waals surface area contributed by atoms with Crippen LogP contribution in [0.1, 0.15) is 21.5 Å². The summed E-state index contributed by atoms with van der Waals surface area (Å²) in [6, 6.07) is 17.2. The van der Waals surface area contributed by atoms with E-state index in [1.165, 1.54) is 23.1 Å². The summed E-state index contributed by atoms with van der Waals surface area (Å²) >= 11 is 0. The molecule has 0 aliphatic carbocycles. The molecule has 0 saturated carbocycles. The first-order valence-corrected chi connectivity index (χ1v) is 10.9. The number of aromatic nitrogens is 2. The fraction of sp³-hybridized carbons (Fsp3) is 0.250. The lowest BCUT2D eigenvalue weighted by Gasteiger charge is -2.35. The molecule has 0 unspecified atom stereocenters. The van der Waals surface area contributed by atoms with Crippen molar-refractivity contribution in [3.05, 3.63) is 83.4 Å². The maximum Gasteiger partial charge on any atom is 0.417 e. The van der Waals surface area contributed by atoms with Gasteiger partial charge in [0, 0.05) is 32.7 Å². The SMILES string of the molecule is O=C(NCc1ccccc1)Nc1ccc(N2CCN(C(=O)c3ccccc3C(F)(F)F)CC2)nn1. The molecule has 3 amide bonds. The molecule has 1 fully saturated rings. The van der Waals surface area contributed by atoms with Gasteiger partial charge >= 0.3 is 12.2 Å². The molecular weight excluding hydrogens is 461 g/mol. The molecule has 0 bridgehead atoms. The quantitative estimate of drug-likeness (QED) is 0.575. The first-order valence-electron chi connectivity index (χ1n) is 10.9. The van der Waals surface area contributed by atoms with E-state index in [1.54, 1.807) is 12.1 Å². The van der Waals surface area contributed by atoms with Crippen LogP contribution in [0.25, 0.3) is 0 Å². The fourth-order valence-corrected chi connectivity index (χ4v) is 3.73. The molecular formula is C24H23F3N6O2. The lowest BCUT2D eigenvalue weighted by atomic mass is 10.1. The summed E-state index contributed by atoms with van der Waals surface area (Å²) < 4.78 is 39.8. The van der Waals surface area contributed by atoms with Crippen molar-refractivity contribution in [2.75, 3.05) is 36.4 Å².